The number of nitrogens with zero attached hydrogens (tertiary/aromatic N) is 2. The smallest absolute Gasteiger partial charge is 0.203 e. The van der Waals surface area contributed by atoms with Crippen molar-refractivity contribution >= 4 is 23.2 Å². The SMILES string of the molecule is COC(C(Oc1ccc(Cl)cc1Cl)n1ccnc1)C(C)(C)C. The highest BCUT2D eigenvalue weighted by atomic mass is 35.5. The minimum absolute atomic E-state index is 0.136. The van der Waals surface area contributed by atoms with Crippen molar-refractivity contribution in [2.45, 2.75) is 33.1 Å². The molecule has 0 aliphatic heterocycles. The molecule has 4 nitrogen and oxygen atoms in total. The van der Waals surface area contributed by atoms with Crippen LogP contribution < -0.4 is 4.74 Å². The summed E-state index contributed by atoms with van der Waals surface area (Å²) in [6, 6.07) is 5.15. The minimum atomic E-state index is -0.397. The third-order valence-corrected chi connectivity index (χ3v) is 3.86. The molecular weight excluding hydrogens is 323 g/mol. The summed E-state index contributed by atoms with van der Waals surface area (Å²) in [7, 11) is 1.67. The second kappa shape index (κ2) is 6.90. The number of rotatable bonds is 5. The molecule has 2 rings (SSSR count). The Kier molecular flexibility index (Phi) is 5.37. The van der Waals surface area contributed by atoms with E-state index in [0.717, 1.165) is 0 Å². The number of ether oxygens (including phenoxy) is 2. The predicted molar refractivity (Wildman–Crippen MR) is 88.6 cm³/mol. The van der Waals surface area contributed by atoms with E-state index in [4.69, 9.17) is 32.7 Å². The average molecular weight is 343 g/mol. The first kappa shape index (κ1) is 17.1. The molecule has 0 aliphatic rings. The van der Waals surface area contributed by atoms with Crippen molar-refractivity contribution in [3.8, 4) is 5.75 Å². The number of hydrogen-bond donors (Lipinski definition) is 0. The predicted octanol–water partition coefficient (Wildman–Crippen LogP) is 4.83. The summed E-state index contributed by atoms with van der Waals surface area (Å²) in [6.07, 6.45) is 4.65. The van der Waals surface area contributed by atoms with E-state index in [0.29, 0.717) is 15.8 Å². The van der Waals surface area contributed by atoms with Gasteiger partial charge in [-0.1, -0.05) is 44.0 Å². The van der Waals surface area contributed by atoms with Crippen LogP contribution in [0.25, 0.3) is 0 Å². The maximum atomic E-state index is 6.22. The van der Waals surface area contributed by atoms with Gasteiger partial charge in [0, 0.05) is 24.5 Å². The summed E-state index contributed by atoms with van der Waals surface area (Å²) in [6.45, 7) is 6.29. The Morgan fingerprint density at radius 3 is 2.45 bits per heavy atom. The Morgan fingerprint density at radius 2 is 1.95 bits per heavy atom. The van der Waals surface area contributed by atoms with Gasteiger partial charge in [0.2, 0.25) is 6.23 Å². The Hall–Kier alpha value is -1.23. The summed E-state index contributed by atoms with van der Waals surface area (Å²) in [5, 5.41) is 1.03. The van der Waals surface area contributed by atoms with Crippen LogP contribution in [0.1, 0.15) is 27.0 Å². The fourth-order valence-electron chi connectivity index (χ4n) is 2.30. The second-order valence-corrected chi connectivity index (χ2v) is 6.96. The van der Waals surface area contributed by atoms with Gasteiger partial charge < -0.3 is 9.47 Å². The van der Waals surface area contributed by atoms with Crippen LogP contribution in [-0.4, -0.2) is 22.8 Å². The molecule has 0 radical (unpaired) electrons. The fourth-order valence-corrected chi connectivity index (χ4v) is 2.75. The van der Waals surface area contributed by atoms with Crippen molar-refractivity contribution in [3.05, 3.63) is 47.0 Å². The van der Waals surface area contributed by atoms with E-state index < -0.39 is 6.23 Å². The van der Waals surface area contributed by atoms with Crippen molar-refractivity contribution in [2.24, 2.45) is 5.41 Å². The van der Waals surface area contributed by atoms with E-state index in [1.54, 1.807) is 37.8 Å². The standard InChI is InChI=1S/C16H20Cl2N2O2/c1-16(2,3)14(21-4)15(20-8-7-19-10-20)22-13-6-5-11(17)9-12(13)18/h5-10,14-15H,1-4H3. The number of hydrogen-bond acceptors (Lipinski definition) is 3. The summed E-state index contributed by atoms with van der Waals surface area (Å²) < 4.78 is 13.7. The first-order valence-corrected chi connectivity index (χ1v) is 7.70. The fraction of sp³-hybridized carbons (Fsp3) is 0.438. The maximum absolute atomic E-state index is 6.22. The molecule has 6 heteroatoms. The zero-order valence-electron chi connectivity index (χ0n) is 13.1. The monoisotopic (exact) mass is 342 g/mol. The van der Waals surface area contributed by atoms with Gasteiger partial charge in [-0.2, -0.15) is 0 Å². The molecule has 2 unspecified atom stereocenters. The van der Waals surface area contributed by atoms with Crippen molar-refractivity contribution < 1.29 is 9.47 Å². The van der Waals surface area contributed by atoms with E-state index in [1.807, 2.05) is 10.8 Å². The van der Waals surface area contributed by atoms with E-state index in [2.05, 4.69) is 25.8 Å². The summed E-state index contributed by atoms with van der Waals surface area (Å²) in [5.74, 6) is 0.552. The molecule has 0 bridgehead atoms. The van der Waals surface area contributed by atoms with E-state index >= 15 is 0 Å². The summed E-state index contributed by atoms with van der Waals surface area (Å²) in [5.41, 5.74) is -0.136. The molecule has 1 aromatic carbocycles. The Labute approximate surface area is 141 Å². The summed E-state index contributed by atoms with van der Waals surface area (Å²) in [4.78, 5) is 4.09. The zero-order valence-corrected chi connectivity index (χ0v) is 14.6. The van der Waals surface area contributed by atoms with Crippen LogP contribution in [0, 0.1) is 5.41 Å². The second-order valence-electron chi connectivity index (χ2n) is 6.12. The molecule has 0 amide bonds. The molecule has 0 N–H and O–H groups in total. The molecule has 0 fully saturated rings. The Balaban J connectivity index is 2.37. The molecule has 1 heterocycles. The molecular formula is C16H20Cl2N2O2. The normalized spacial score (nSPS) is 14.6. The number of benzene rings is 1. The van der Waals surface area contributed by atoms with Crippen LogP contribution in [0.5, 0.6) is 5.75 Å². The molecule has 2 aromatic rings. The first-order valence-electron chi connectivity index (χ1n) is 6.95. The van der Waals surface area contributed by atoms with Gasteiger partial charge in [-0.15, -0.1) is 0 Å². The van der Waals surface area contributed by atoms with E-state index in [9.17, 15) is 0 Å². The number of methoxy groups -OCH3 is 1. The van der Waals surface area contributed by atoms with Gasteiger partial charge >= 0.3 is 0 Å². The zero-order chi connectivity index (χ0) is 16.3. The lowest BCUT2D eigenvalue weighted by molar-refractivity contribution is -0.0910. The molecule has 0 aliphatic carbocycles. The number of aromatic nitrogens is 2. The van der Waals surface area contributed by atoms with Crippen LogP contribution in [-0.2, 0) is 4.74 Å². The van der Waals surface area contributed by atoms with Gasteiger partial charge in [-0.3, -0.25) is 4.57 Å². The Bertz CT molecular complexity index is 609. The molecule has 120 valence electrons. The lowest BCUT2D eigenvalue weighted by atomic mass is 9.87. The molecule has 0 saturated carbocycles. The molecule has 0 spiro atoms. The van der Waals surface area contributed by atoms with Gasteiger partial charge in [-0.25, -0.2) is 4.98 Å². The van der Waals surface area contributed by atoms with Crippen molar-refractivity contribution in [2.75, 3.05) is 7.11 Å². The third kappa shape index (κ3) is 3.94. The highest BCUT2D eigenvalue weighted by Gasteiger charge is 2.35. The van der Waals surface area contributed by atoms with Gasteiger partial charge in [0.1, 0.15) is 11.9 Å². The molecule has 0 saturated heterocycles. The number of halogens is 2. The quantitative estimate of drug-likeness (QED) is 0.780. The first-order chi connectivity index (χ1) is 10.3. The van der Waals surface area contributed by atoms with Crippen LogP contribution in [0.4, 0.5) is 0 Å². The number of imidazole rings is 1. The van der Waals surface area contributed by atoms with Crippen molar-refractivity contribution in [1.29, 1.82) is 0 Å². The van der Waals surface area contributed by atoms with Crippen LogP contribution in [0.3, 0.4) is 0 Å². The van der Waals surface area contributed by atoms with Crippen LogP contribution in [0.2, 0.25) is 10.0 Å². The molecule has 2 atom stereocenters. The van der Waals surface area contributed by atoms with Crippen LogP contribution in [0.15, 0.2) is 36.9 Å². The van der Waals surface area contributed by atoms with E-state index in [1.165, 1.54) is 0 Å². The largest absolute Gasteiger partial charge is 0.466 e. The molecule has 22 heavy (non-hydrogen) atoms. The summed E-state index contributed by atoms with van der Waals surface area (Å²) >= 11 is 12.2. The van der Waals surface area contributed by atoms with E-state index in [-0.39, 0.29) is 11.5 Å². The van der Waals surface area contributed by atoms with Gasteiger partial charge in [0.15, 0.2) is 0 Å². The van der Waals surface area contributed by atoms with Gasteiger partial charge in [0.25, 0.3) is 0 Å². The molecule has 1 aromatic heterocycles. The average Bonchev–Trinajstić information content (AvgIpc) is 2.93. The third-order valence-electron chi connectivity index (χ3n) is 3.33. The van der Waals surface area contributed by atoms with Crippen molar-refractivity contribution in [1.82, 2.24) is 9.55 Å². The van der Waals surface area contributed by atoms with Crippen LogP contribution >= 0.6 is 23.2 Å². The lowest BCUT2D eigenvalue weighted by Gasteiger charge is -2.36. The van der Waals surface area contributed by atoms with Gasteiger partial charge in [0.05, 0.1) is 11.3 Å². The highest BCUT2D eigenvalue weighted by Crippen LogP contribution is 2.36. The lowest BCUT2D eigenvalue weighted by Crippen LogP contribution is -2.39. The van der Waals surface area contributed by atoms with Crippen molar-refractivity contribution in [3.63, 3.8) is 0 Å². The Morgan fingerprint density at radius 1 is 1.23 bits per heavy atom. The topological polar surface area (TPSA) is 36.3 Å². The highest BCUT2D eigenvalue weighted by molar-refractivity contribution is 6.35. The maximum Gasteiger partial charge on any atom is 0.203 e. The minimum Gasteiger partial charge on any atom is -0.466 e. The van der Waals surface area contributed by atoms with Gasteiger partial charge in [-0.05, 0) is 23.6 Å².